The van der Waals surface area contributed by atoms with Crippen LogP contribution in [0.4, 0.5) is 0 Å². The number of halogens is 2. The zero-order valence-corrected chi connectivity index (χ0v) is 12.1. The van der Waals surface area contributed by atoms with Crippen molar-refractivity contribution in [1.29, 1.82) is 5.26 Å². The number of nitriles is 1. The van der Waals surface area contributed by atoms with Gasteiger partial charge in [-0.2, -0.15) is 5.26 Å². The lowest BCUT2D eigenvalue weighted by atomic mass is 10.3. The van der Waals surface area contributed by atoms with E-state index in [1.807, 2.05) is 6.07 Å². The Kier molecular flexibility index (Phi) is 6.22. The summed E-state index contributed by atoms with van der Waals surface area (Å²) in [7, 11) is 1.52. The number of likely N-dealkylation sites (N-methyl/N-ethyl adjacent to an activating group) is 1. The number of rotatable bonds is 5. The van der Waals surface area contributed by atoms with Crippen LogP contribution in [0.15, 0.2) is 12.3 Å². The third kappa shape index (κ3) is 4.68. The minimum atomic E-state index is -0.724. The first-order valence-electron chi connectivity index (χ1n) is 5.54. The summed E-state index contributed by atoms with van der Waals surface area (Å²) in [5.74, 6) is -1.13. The van der Waals surface area contributed by atoms with Crippen LogP contribution < -0.4 is 0 Å². The van der Waals surface area contributed by atoms with E-state index < -0.39 is 18.5 Å². The first-order chi connectivity index (χ1) is 9.45. The first kappa shape index (κ1) is 16.2. The number of amides is 1. The highest BCUT2D eigenvalue weighted by Crippen LogP contribution is 2.19. The topological polar surface area (TPSA) is 83.3 Å². The molecular weight excluding hydrogens is 305 g/mol. The lowest BCUT2D eigenvalue weighted by Crippen LogP contribution is -2.31. The van der Waals surface area contributed by atoms with Crippen molar-refractivity contribution < 1.29 is 14.3 Å². The van der Waals surface area contributed by atoms with E-state index in [-0.39, 0.29) is 28.7 Å². The highest BCUT2D eigenvalue weighted by atomic mass is 35.5. The molecule has 0 fully saturated rings. The van der Waals surface area contributed by atoms with Gasteiger partial charge >= 0.3 is 5.97 Å². The number of hydrogen-bond donors (Lipinski definition) is 0. The Hall–Kier alpha value is -1.84. The number of carbonyl (C=O) groups excluding carboxylic acids is 2. The van der Waals surface area contributed by atoms with Crippen molar-refractivity contribution in [3.63, 3.8) is 0 Å². The molecule has 0 saturated carbocycles. The highest BCUT2D eigenvalue weighted by molar-refractivity contribution is 6.41. The summed E-state index contributed by atoms with van der Waals surface area (Å²) in [4.78, 5) is 28.3. The normalized spacial score (nSPS) is 9.70. The van der Waals surface area contributed by atoms with Gasteiger partial charge in [-0.25, -0.2) is 9.78 Å². The van der Waals surface area contributed by atoms with Crippen molar-refractivity contribution in [3.05, 3.63) is 28.0 Å². The number of hydrogen-bond acceptors (Lipinski definition) is 5. The van der Waals surface area contributed by atoms with Crippen LogP contribution in [0, 0.1) is 11.3 Å². The largest absolute Gasteiger partial charge is 0.452 e. The Morgan fingerprint density at radius 1 is 1.50 bits per heavy atom. The molecular formula is C12H11Cl2N3O3. The second-order valence-electron chi connectivity index (χ2n) is 3.80. The van der Waals surface area contributed by atoms with Crippen LogP contribution in [0.2, 0.25) is 10.2 Å². The SMILES string of the molecule is CN(CCC#N)C(=O)COC(=O)c1cnc(Cl)c(Cl)c1. The molecule has 0 aliphatic carbocycles. The predicted octanol–water partition coefficient (Wildman–Crippen LogP) is 1.92. The first-order valence-corrected chi connectivity index (χ1v) is 6.30. The number of esters is 1. The average molecular weight is 316 g/mol. The van der Waals surface area contributed by atoms with E-state index in [0.717, 1.165) is 0 Å². The van der Waals surface area contributed by atoms with Crippen LogP contribution in [-0.2, 0) is 9.53 Å². The Balaban J connectivity index is 2.53. The van der Waals surface area contributed by atoms with E-state index in [4.69, 9.17) is 33.2 Å². The van der Waals surface area contributed by atoms with Gasteiger partial charge in [0.25, 0.3) is 5.91 Å². The maximum Gasteiger partial charge on any atom is 0.340 e. The summed E-state index contributed by atoms with van der Waals surface area (Å²) in [6, 6.07) is 3.23. The maximum atomic E-state index is 11.7. The van der Waals surface area contributed by atoms with Gasteiger partial charge in [-0.3, -0.25) is 4.79 Å². The summed E-state index contributed by atoms with van der Waals surface area (Å²) in [6.07, 6.45) is 1.42. The van der Waals surface area contributed by atoms with E-state index in [1.54, 1.807) is 0 Å². The molecule has 0 radical (unpaired) electrons. The molecule has 0 aliphatic rings. The van der Waals surface area contributed by atoms with Gasteiger partial charge in [0, 0.05) is 19.8 Å². The smallest absolute Gasteiger partial charge is 0.340 e. The Morgan fingerprint density at radius 3 is 2.80 bits per heavy atom. The molecule has 0 atom stereocenters. The van der Waals surface area contributed by atoms with Crippen LogP contribution in [0.3, 0.4) is 0 Å². The molecule has 0 aromatic carbocycles. The fourth-order valence-electron chi connectivity index (χ4n) is 1.20. The Labute approximate surface area is 125 Å². The number of pyridine rings is 1. The average Bonchev–Trinajstić information content (AvgIpc) is 2.44. The van der Waals surface area contributed by atoms with Crippen molar-refractivity contribution in [1.82, 2.24) is 9.88 Å². The molecule has 0 spiro atoms. The zero-order valence-electron chi connectivity index (χ0n) is 10.6. The van der Waals surface area contributed by atoms with Crippen LogP contribution in [0.5, 0.6) is 0 Å². The Morgan fingerprint density at radius 2 is 2.20 bits per heavy atom. The van der Waals surface area contributed by atoms with Crippen LogP contribution in [0.25, 0.3) is 0 Å². The molecule has 0 unspecified atom stereocenters. The second kappa shape index (κ2) is 7.68. The lowest BCUT2D eigenvalue weighted by Gasteiger charge is -2.15. The fourth-order valence-corrected chi connectivity index (χ4v) is 1.47. The van der Waals surface area contributed by atoms with Gasteiger partial charge in [0.1, 0.15) is 5.15 Å². The second-order valence-corrected chi connectivity index (χ2v) is 4.56. The fraction of sp³-hybridized carbons (Fsp3) is 0.333. The molecule has 0 bridgehead atoms. The molecule has 0 N–H and O–H groups in total. The number of ether oxygens (including phenoxy) is 1. The highest BCUT2D eigenvalue weighted by Gasteiger charge is 2.14. The van der Waals surface area contributed by atoms with Crippen molar-refractivity contribution in [2.24, 2.45) is 0 Å². The van der Waals surface area contributed by atoms with Gasteiger partial charge in [-0.15, -0.1) is 0 Å². The number of carbonyl (C=O) groups is 2. The molecule has 106 valence electrons. The van der Waals surface area contributed by atoms with Gasteiger partial charge in [0.15, 0.2) is 6.61 Å². The summed E-state index contributed by atoms with van der Waals surface area (Å²) in [5, 5.41) is 8.61. The van der Waals surface area contributed by atoms with Gasteiger partial charge < -0.3 is 9.64 Å². The van der Waals surface area contributed by atoms with Gasteiger partial charge in [-0.05, 0) is 6.07 Å². The van der Waals surface area contributed by atoms with Crippen LogP contribution in [0.1, 0.15) is 16.8 Å². The van der Waals surface area contributed by atoms with E-state index in [0.29, 0.717) is 0 Å². The van der Waals surface area contributed by atoms with E-state index in [1.165, 1.54) is 24.2 Å². The maximum absolute atomic E-state index is 11.7. The summed E-state index contributed by atoms with van der Waals surface area (Å²) < 4.78 is 4.83. The quantitative estimate of drug-likeness (QED) is 0.612. The minimum absolute atomic E-state index is 0.0792. The van der Waals surface area contributed by atoms with Crippen molar-refractivity contribution in [3.8, 4) is 6.07 Å². The molecule has 0 aliphatic heterocycles. The molecule has 8 heteroatoms. The predicted molar refractivity (Wildman–Crippen MR) is 72.4 cm³/mol. The zero-order chi connectivity index (χ0) is 15.1. The van der Waals surface area contributed by atoms with Crippen molar-refractivity contribution >= 4 is 35.1 Å². The van der Waals surface area contributed by atoms with Gasteiger partial charge in [0.2, 0.25) is 0 Å². The summed E-state index contributed by atoms with van der Waals surface area (Å²) in [5.41, 5.74) is 0.104. The standard InChI is InChI=1S/C12H11Cl2N3O3/c1-17(4-2-3-15)10(18)7-20-12(19)8-5-9(13)11(14)16-6-8/h5-6H,2,4,7H2,1H3. The van der Waals surface area contributed by atoms with E-state index in [2.05, 4.69) is 4.98 Å². The molecule has 1 amide bonds. The molecule has 1 aromatic heterocycles. The molecule has 1 rings (SSSR count). The molecule has 20 heavy (non-hydrogen) atoms. The number of nitrogens with zero attached hydrogens (tertiary/aromatic N) is 3. The molecule has 1 aromatic rings. The van der Waals surface area contributed by atoms with E-state index >= 15 is 0 Å². The van der Waals surface area contributed by atoms with Gasteiger partial charge in [0.05, 0.1) is 23.1 Å². The van der Waals surface area contributed by atoms with Crippen LogP contribution >= 0.6 is 23.2 Å². The van der Waals surface area contributed by atoms with Crippen molar-refractivity contribution in [2.45, 2.75) is 6.42 Å². The Bertz CT molecular complexity index is 557. The van der Waals surface area contributed by atoms with Crippen molar-refractivity contribution in [2.75, 3.05) is 20.2 Å². The molecule has 6 nitrogen and oxygen atoms in total. The third-order valence-corrected chi connectivity index (χ3v) is 3.03. The van der Waals surface area contributed by atoms with E-state index in [9.17, 15) is 9.59 Å². The minimum Gasteiger partial charge on any atom is -0.452 e. The summed E-state index contributed by atoms with van der Waals surface area (Å²) in [6.45, 7) is -0.137. The monoisotopic (exact) mass is 315 g/mol. The number of aromatic nitrogens is 1. The molecule has 1 heterocycles. The van der Waals surface area contributed by atoms with Gasteiger partial charge in [-0.1, -0.05) is 23.2 Å². The lowest BCUT2D eigenvalue weighted by molar-refractivity contribution is -0.133. The third-order valence-electron chi connectivity index (χ3n) is 2.34. The summed E-state index contributed by atoms with van der Waals surface area (Å²) >= 11 is 11.3. The van der Waals surface area contributed by atoms with Crippen LogP contribution in [-0.4, -0.2) is 42.0 Å². The molecule has 0 saturated heterocycles.